The van der Waals surface area contributed by atoms with Crippen molar-refractivity contribution < 1.29 is 9.13 Å². The van der Waals surface area contributed by atoms with Crippen LogP contribution in [0.2, 0.25) is 0 Å². The van der Waals surface area contributed by atoms with Crippen LogP contribution in [0.25, 0.3) is 0 Å². The lowest BCUT2D eigenvalue weighted by Gasteiger charge is -2.19. The summed E-state index contributed by atoms with van der Waals surface area (Å²) < 4.78 is 19.1. The van der Waals surface area contributed by atoms with Crippen molar-refractivity contribution in [1.29, 1.82) is 0 Å². The van der Waals surface area contributed by atoms with Crippen molar-refractivity contribution in [2.75, 3.05) is 7.11 Å². The van der Waals surface area contributed by atoms with Crippen LogP contribution in [0.5, 0.6) is 5.75 Å². The zero-order chi connectivity index (χ0) is 13.8. The number of methoxy groups -OCH3 is 1. The summed E-state index contributed by atoms with van der Waals surface area (Å²) in [7, 11) is 1.61. The highest BCUT2D eigenvalue weighted by molar-refractivity contribution is 5.41. The van der Waals surface area contributed by atoms with Crippen molar-refractivity contribution in [3.63, 3.8) is 0 Å². The Morgan fingerprint density at radius 3 is 2.58 bits per heavy atom. The van der Waals surface area contributed by atoms with Crippen molar-refractivity contribution in [3.8, 4) is 5.75 Å². The monoisotopic (exact) mass is 260 g/mol. The van der Waals surface area contributed by atoms with Crippen molar-refractivity contribution in [1.82, 2.24) is 5.43 Å². The van der Waals surface area contributed by atoms with Gasteiger partial charge in [-0.15, -0.1) is 0 Å². The van der Waals surface area contributed by atoms with Gasteiger partial charge in [0.05, 0.1) is 13.2 Å². The number of ether oxygens (including phenoxy) is 1. The van der Waals surface area contributed by atoms with Crippen LogP contribution < -0.4 is 16.0 Å². The summed E-state index contributed by atoms with van der Waals surface area (Å²) in [6.45, 7) is 1.95. The SMILES string of the molecule is COc1cc(C(NN)c2ccccc2F)ccc1C. The third kappa shape index (κ3) is 2.75. The van der Waals surface area contributed by atoms with E-state index in [4.69, 9.17) is 10.6 Å². The second-order valence-electron chi connectivity index (χ2n) is 4.35. The lowest BCUT2D eigenvalue weighted by Crippen LogP contribution is -2.29. The molecule has 2 aromatic rings. The number of nitrogens with one attached hydrogen (secondary N) is 1. The van der Waals surface area contributed by atoms with Gasteiger partial charge in [0.1, 0.15) is 11.6 Å². The first-order valence-corrected chi connectivity index (χ1v) is 6.02. The van der Waals surface area contributed by atoms with Gasteiger partial charge in [-0.3, -0.25) is 5.84 Å². The van der Waals surface area contributed by atoms with E-state index in [0.717, 1.165) is 16.9 Å². The van der Waals surface area contributed by atoms with Crippen LogP contribution in [0.15, 0.2) is 42.5 Å². The Morgan fingerprint density at radius 2 is 1.95 bits per heavy atom. The van der Waals surface area contributed by atoms with E-state index in [0.29, 0.717) is 5.56 Å². The Labute approximate surface area is 112 Å². The molecule has 100 valence electrons. The zero-order valence-electron chi connectivity index (χ0n) is 11.0. The largest absolute Gasteiger partial charge is 0.496 e. The predicted octanol–water partition coefficient (Wildman–Crippen LogP) is 2.70. The van der Waals surface area contributed by atoms with E-state index in [1.165, 1.54) is 6.07 Å². The molecule has 1 unspecified atom stereocenters. The van der Waals surface area contributed by atoms with E-state index >= 15 is 0 Å². The predicted molar refractivity (Wildman–Crippen MR) is 73.3 cm³/mol. The van der Waals surface area contributed by atoms with Gasteiger partial charge in [0.15, 0.2) is 0 Å². The summed E-state index contributed by atoms with van der Waals surface area (Å²) in [6.07, 6.45) is 0. The molecule has 0 amide bonds. The third-order valence-electron chi connectivity index (χ3n) is 3.15. The molecular weight excluding hydrogens is 243 g/mol. The van der Waals surface area contributed by atoms with Crippen molar-refractivity contribution in [2.45, 2.75) is 13.0 Å². The Bertz CT molecular complexity index is 572. The Balaban J connectivity index is 2.45. The van der Waals surface area contributed by atoms with E-state index in [-0.39, 0.29) is 5.82 Å². The molecule has 0 saturated carbocycles. The lowest BCUT2D eigenvalue weighted by atomic mass is 9.97. The fourth-order valence-electron chi connectivity index (χ4n) is 2.09. The molecule has 0 aliphatic heterocycles. The average molecular weight is 260 g/mol. The highest BCUT2D eigenvalue weighted by Crippen LogP contribution is 2.28. The number of hydrogen-bond donors (Lipinski definition) is 2. The molecule has 1 atom stereocenters. The molecule has 3 N–H and O–H groups in total. The summed E-state index contributed by atoms with van der Waals surface area (Å²) in [5.74, 6) is 6.05. The fraction of sp³-hybridized carbons (Fsp3) is 0.200. The lowest BCUT2D eigenvalue weighted by molar-refractivity contribution is 0.410. The first-order valence-electron chi connectivity index (χ1n) is 6.02. The van der Waals surface area contributed by atoms with E-state index in [9.17, 15) is 4.39 Å². The van der Waals surface area contributed by atoms with Crippen LogP contribution in [-0.4, -0.2) is 7.11 Å². The number of nitrogens with two attached hydrogens (primary N) is 1. The molecule has 0 aromatic heterocycles. The smallest absolute Gasteiger partial charge is 0.128 e. The number of benzene rings is 2. The molecule has 0 spiro atoms. The van der Waals surface area contributed by atoms with Crippen molar-refractivity contribution in [3.05, 3.63) is 65.0 Å². The summed E-state index contributed by atoms with van der Waals surface area (Å²) in [4.78, 5) is 0. The molecule has 0 bridgehead atoms. The topological polar surface area (TPSA) is 47.3 Å². The van der Waals surface area contributed by atoms with E-state index in [1.807, 2.05) is 25.1 Å². The molecular formula is C15H17FN2O. The van der Waals surface area contributed by atoms with E-state index in [2.05, 4.69) is 5.43 Å². The molecule has 0 fully saturated rings. The molecule has 0 saturated heterocycles. The molecule has 3 nitrogen and oxygen atoms in total. The van der Waals surface area contributed by atoms with E-state index < -0.39 is 6.04 Å². The van der Waals surface area contributed by atoms with Gasteiger partial charge >= 0.3 is 0 Å². The van der Waals surface area contributed by atoms with Crippen LogP contribution in [0.4, 0.5) is 4.39 Å². The summed E-state index contributed by atoms with van der Waals surface area (Å²) in [6, 6.07) is 11.9. The van der Waals surface area contributed by atoms with E-state index in [1.54, 1.807) is 25.3 Å². The van der Waals surface area contributed by atoms with Gasteiger partial charge in [0.2, 0.25) is 0 Å². The summed E-state index contributed by atoms with van der Waals surface area (Å²) in [5, 5.41) is 0. The standard InChI is InChI=1S/C15H17FN2O/c1-10-7-8-11(9-14(10)19-2)15(18-17)12-5-3-4-6-13(12)16/h3-9,15,18H,17H2,1-2H3. The number of hydrazine groups is 1. The van der Waals surface area contributed by atoms with Gasteiger partial charge in [-0.1, -0.05) is 30.3 Å². The Hall–Kier alpha value is -1.91. The Morgan fingerprint density at radius 1 is 1.21 bits per heavy atom. The van der Waals surface area contributed by atoms with Gasteiger partial charge in [0.25, 0.3) is 0 Å². The first-order chi connectivity index (χ1) is 9.17. The second kappa shape index (κ2) is 5.82. The average Bonchev–Trinajstić information content (AvgIpc) is 2.43. The number of rotatable bonds is 4. The maximum Gasteiger partial charge on any atom is 0.128 e. The number of aryl methyl sites for hydroxylation is 1. The minimum absolute atomic E-state index is 0.287. The highest BCUT2D eigenvalue weighted by atomic mass is 19.1. The number of hydrogen-bond acceptors (Lipinski definition) is 3. The van der Waals surface area contributed by atoms with Gasteiger partial charge in [-0.25, -0.2) is 9.82 Å². The minimum atomic E-state index is -0.407. The molecule has 4 heteroatoms. The zero-order valence-corrected chi connectivity index (χ0v) is 11.0. The normalized spacial score (nSPS) is 12.2. The third-order valence-corrected chi connectivity index (χ3v) is 3.15. The molecule has 2 rings (SSSR count). The number of halogens is 1. The molecule has 0 radical (unpaired) electrons. The molecule has 0 aliphatic rings. The van der Waals surface area contributed by atoms with Crippen molar-refractivity contribution in [2.24, 2.45) is 5.84 Å². The van der Waals surface area contributed by atoms with Crippen molar-refractivity contribution >= 4 is 0 Å². The van der Waals surface area contributed by atoms with Gasteiger partial charge in [0, 0.05) is 5.56 Å². The van der Waals surface area contributed by atoms with Gasteiger partial charge in [-0.05, 0) is 30.2 Å². The molecule has 0 heterocycles. The van der Waals surface area contributed by atoms with Gasteiger partial charge in [-0.2, -0.15) is 0 Å². The summed E-state index contributed by atoms with van der Waals surface area (Å²) in [5.41, 5.74) is 5.04. The molecule has 2 aromatic carbocycles. The molecule has 19 heavy (non-hydrogen) atoms. The second-order valence-corrected chi connectivity index (χ2v) is 4.35. The summed E-state index contributed by atoms with van der Waals surface area (Å²) >= 11 is 0. The van der Waals surface area contributed by atoms with Crippen LogP contribution in [-0.2, 0) is 0 Å². The van der Waals surface area contributed by atoms with Gasteiger partial charge < -0.3 is 4.74 Å². The van der Waals surface area contributed by atoms with Crippen LogP contribution in [0.1, 0.15) is 22.7 Å². The maximum absolute atomic E-state index is 13.8. The fourth-order valence-corrected chi connectivity index (χ4v) is 2.09. The molecule has 0 aliphatic carbocycles. The van der Waals surface area contributed by atoms with Crippen LogP contribution in [0, 0.1) is 12.7 Å². The first kappa shape index (κ1) is 13.5. The maximum atomic E-state index is 13.8. The highest BCUT2D eigenvalue weighted by Gasteiger charge is 2.17. The minimum Gasteiger partial charge on any atom is -0.496 e. The Kier molecular flexibility index (Phi) is 4.14. The quantitative estimate of drug-likeness (QED) is 0.656. The van der Waals surface area contributed by atoms with Crippen LogP contribution in [0.3, 0.4) is 0 Å². The van der Waals surface area contributed by atoms with Crippen LogP contribution >= 0.6 is 0 Å².